The first-order valence-corrected chi connectivity index (χ1v) is 4.37. The number of rotatable bonds is 2. The van der Waals surface area contributed by atoms with Gasteiger partial charge in [0.1, 0.15) is 5.82 Å². The molecule has 0 aliphatic heterocycles. The third kappa shape index (κ3) is 1.44. The Bertz CT molecular complexity index is 443. The van der Waals surface area contributed by atoms with E-state index in [1.54, 1.807) is 16.8 Å². The minimum absolute atomic E-state index is 0.612. The van der Waals surface area contributed by atoms with Gasteiger partial charge < -0.3 is 0 Å². The summed E-state index contributed by atoms with van der Waals surface area (Å²) in [5, 5.41) is 0. The minimum atomic E-state index is 0.612. The van der Waals surface area contributed by atoms with Gasteiger partial charge >= 0.3 is 0 Å². The van der Waals surface area contributed by atoms with E-state index >= 15 is 0 Å². The van der Waals surface area contributed by atoms with Crippen molar-refractivity contribution in [1.29, 1.82) is 0 Å². The molecule has 0 saturated heterocycles. The SMILES string of the molecule is Cc1ccc(-n2cccc2C=O)nc1. The third-order valence-corrected chi connectivity index (χ3v) is 2.04. The van der Waals surface area contributed by atoms with Crippen LogP contribution in [-0.4, -0.2) is 15.8 Å². The first-order valence-electron chi connectivity index (χ1n) is 4.37. The summed E-state index contributed by atoms with van der Waals surface area (Å²) in [7, 11) is 0. The van der Waals surface area contributed by atoms with Crippen LogP contribution < -0.4 is 0 Å². The summed E-state index contributed by atoms with van der Waals surface area (Å²) in [6, 6.07) is 7.44. The average molecular weight is 186 g/mol. The molecule has 14 heavy (non-hydrogen) atoms. The van der Waals surface area contributed by atoms with E-state index in [-0.39, 0.29) is 0 Å². The lowest BCUT2D eigenvalue weighted by Gasteiger charge is -2.03. The van der Waals surface area contributed by atoms with Gasteiger partial charge in [-0.1, -0.05) is 6.07 Å². The molecule has 70 valence electrons. The molecule has 0 atom stereocenters. The monoisotopic (exact) mass is 186 g/mol. The van der Waals surface area contributed by atoms with Gasteiger partial charge in [-0.25, -0.2) is 4.98 Å². The summed E-state index contributed by atoms with van der Waals surface area (Å²) in [6.07, 6.45) is 4.42. The van der Waals surface area contributed by atoms with Crippen LogP contribution in [0.5, 0.6) is 0 Å². The highest BCUT2D eigenvalue weighted by molar-refractivity contribution is 5.73. The Kier molecular flexibility index (Phi) is 2.14. The molecule has 0 spiro atoms. The largest absolute Gasteiger partial charge is 0.299 e. The standard InChI is InChI=1S/C11H10N2O/c1-9-4-5-11(12-7-9)13-6-2-3-10(13)8-14/h2-8H,1H3. The Morgan fingerprint density at radius 3 is 2.86 bits per heavy atom. The number of aldehydes is 1. The van der Waals surface area contributed by atoms with E-state index < -0.39 is 0 Å². The molecule has 3 heteroatoms. The molecule has 0 aromatic carbocycles. The maximum Gasteiger partial charge on any atom is 0.166 e. The lowest BCUT2D eigenvalue weighted by Crippen LogP contribution is -1.99. The number of carbonyl (C=O) groups excluding carboxylic acids is 1. The lowest BCUT2D eigenvalue weighted by atomic mass is 10.3. The van der Waals surface area contributed by atoms with E-state index in [4.69, 9.17) is 0 Å². The van der Waals surface area contributed by atoms with Crippen molar-refractivity contribution in [3.8, 4) is 5.82 Å². The molecule has 0 saturated carbocycles. The molecule has 0 unspecified atom stereocenters. The fourth-order valence-electron chi connectivity index (χ4n) is 1.30. The van der Waals surface area contributed by atoms with Gasteiger partial charge in [-0.05, 0) is 30.7 Å². The number of pyridine rings is 1. The van der Waals surface area contributed by atoms with Crippen molar-refractivity contribution in [3.05, 3.63) is 47.9 Å². The Morgan fingerprint density at radius 1 is 1.36 bits per heavy atom. The molecule has 3 nitrogen and oxygen atoms in total. The molecule has 0 fully saturated rings. The number of hydrogen-bond donors (Lipinski definition) is 0. The van der Waals surface area contributed by atoms with Crippen LogP contribution in [0.25, 0.3) is 5.82 Å². The molecular formula is C11H10N2O. The van der Waals surface area contributed by atoms with Gasteiger partial charge in [0.05, 0.1) is 5.69 Å². The number of nitrogens with zero attached hydrogens (tertiary/aromatic N) is 2. The van der Waals surface area contributed by atoms with Gasteiger partial charge in [0.2, 0.25) is 0 Å². The second-order valence-electron chi connectivity index (χ2n) is 3.11. The van der Waals surface area contributed by atoms with Crippen LogP contribution in [0.3, 0.4) is 0 Å². The van der Waals surface area contributed by atoms with E-state index in [0.717, 1.165) is 17.7 Å². The van der Waals surface area contributed by atoms with Crippen molar-refractivity contribution in [3.63, 3.8) is 0 Å². The number of aromatic nitrogens is 2. The first kappa shape index (κ1) is 8.69. The van der Waals surface area contributed by atoms with Crippen molar-refractivity contribution in [1.82, 2.24) is 9.55 Å². The van der Waals surface area contributed by atoms with Crippen LogP contribution in [0, 0.1) is 6.92 Å². The van der Waals surface area contributed by atoms with Crippen LogP contribution in [0.4, 0.5) is 0 Å². The smallest absolute Gasteiger partial charge is 0.166 e. The fraction of sp³-hybridized carbons (Fsp3) is 0.0909. The number of carbonyl (C=O) groups is 1. The summed E-state index contributed by atoms with van der Waals surface area (Å²) in [5.41, 5.74) is 1.72. The van der Waals surface area contributed by atoms with Gasteiger partial charge in [0.25, 0.3) is 0 Å². The van der Waals surface area contributed by atoms with Crippen molar-refractivity contribution in [2.45, 2.75) is 6.92 Å². The van der Waals surface area contributed by atoms with Gasteiger partial charge in [0, 0.05) is 12.4 Å². The van der Waals surface area contributed by atoms with Crippen molar-refractivity contribution in [2.75, 3.05) is 0 Å². The molecule has 2 heterocycles. The predicted molar refractivity (Wildman–Crippen MR) is 53.7 cm³/mol. The van der Waals surface area contributed by atoms with Crippen molar-refractivity contribution in [2.24, 2.45) is 0 Å². The molecule has 0 N–H and O–H groups in total. The molecule has 2 aromatic heterocycles. The lowest BCUT2D eigenvalue weighted by molar-refractivity contribution is 0.111. The molecule has 0 aliphatic carbocycles. The number of hydrogen-bond acceptors (Lipinski definition) is 2. The highest BCUT2D eigenvalue weighted by atomic mass is 16.1. The Hall–Kier alpha value is -1.90. The normalized spacial score (nSPS) is 10.1. The minimum Gasteiger partial charge on any atom is -0.299 e. The van der Waals surface area contributed by atoms with Crippen LogP contribution >= 0.6 is 0 Å². The van der Waals surface area contributed by atoms with E-state index in [1.807, 2.05) is 31.3 Å². The summed E-state index contributed by atoms with van der Waals surface area (Å²) in [5.74, 6) is 0.766. The summed E-state index contributed by atoms with van der Waals surface area (Å²) >= 11 is 0. The molecule has 2 aromatic rings. The van der Waals surface area contributed by atoms with Crippen LogP contribution in [0.1, 0.15) is 16.1 Å². The highest BCUT2D eigenvalue weighted by Crippen LogP contribution is 2.08. The molecule has 0 aliphatic rings. The fourth-order valence-corrected chi connectivity index (χ4v) is 1.30. The average Bonchev–Trinajstić information content (AvgIpc) is 2.67. The predicted octanol–water partition coefficient (Wildman–Crippen LogP) is 1.99. The first-order chi connectivity index (χ1) is 6.81. The van der Waals surface area contributed by atoms with E-state index in [2.05, 4.69) is 4.98 Å². The van der Waals surface area contributed by atoms with Crippen LogP contribution in [-0.2, 0) is 0 Å². The third-order valence-electron chi connectivity index (χ3n) is 2.04. The molecule has 2 rings (SSSR count). The quantitative estimate of drug-likeness (QED) is 0.672. The van der Waals surface area contributed by atoms with E-state index in [1.165, 1.54) is 0 Å². The molecule has 0 amide bonds. The zero-order valence-electron chi connectivity index (χ0n) is 7.84. The van der Waals surface area contributed by atoms with E-state index in [0.29, 0.717) is 5.69 Å². The molecule has 0 bridgehead atoms. The Labute approximate surface area is 82.0 Å². The summed E-state index contributed by atoms with van der Waals surface area (Å²) in [4.78, 5) is 14.9. The highest BCUT2D eigenvalue weighted by Gasteiger charge is 2.01. The molecule has 0 radical (unpaired) electrons. The van der Waals surface area contributed by atoms with Crippen LogP contribution in [0.2, 0.25) is 0 Å². The maximum absolute atomic E-state index is 10.7. The van der Waals surface area contributed by atoms with Crippen molar-refractivity contribution >= 4 is 6.29 Å². The van der Waals surface area contributed by atoms with Crippen LogP contribution in [0.15, 0.2) is 36.7 Å². The second-order valence-corrected chi connectivity index (χ2v) is 3.11. The van der Waals surface area contributed by atoms with E-state index in [9.17, 15) is 4.79 Å². The summed E-state index contributed by atoms with van der Waals surface area (Å²) < 4.78 is 1.76. The topological polar surface area (TPSA) is 34.9 Å². The zero-order chi connectivity index (χ0) is 9.97. The second kappa shape index (κ2) is 3.46. The van der Waals surface area contributed by atoms with Crippen molar-refractivity contribution < 1.29 is 4.79 Å². The number of aryl methyl sites for hydroxylation is 1. The Balaban J connectivity index is 2.49. The molecular weight excluding hydrogens is 176 g/mol. The van der Waals surface area contributed by atoms with Gasteiger partial charge in [0.15, 0.2) is 6.29 Å². The van der Waals surface area contributed by atoms with Gasteiger partial charge in [-0.3, -0.25) is 9.36 Å². The zero-order valence-corrected chi connectivity index (χ0v) is 7.84. The Morgan fingerprint density at radius 2 is 2.21 bits per heavy atom. The summed E-state index contributed by atoms with van der Waals surface area (Å²) in [6.45, 7) is 1.98. The maximum atomic E-state index is 10.7. The van der Waals surface area contributed by atoms with Gasteiger partial charge in [-0.15, -0.1) is 0 Å². The van der Waals surface area contributed by atoms with Gasteiger partial charge in [-0.2, -0.15) is 0 Å².